The molecule has 1 amide bonds. The summed E-state index contributed by atoms with van der Waals surface area (Å²) < 4.78 is 0. The highest BCUT2D eigenvalue weighted by Gasteiger charge is 2.27. The fourth-order valence-electron chi connectivity index (χ4n) is 1.50. The molecule has 1 aliphatic heterocycles. The van der Waals surface area contributed by atoms with Gasteiger partial charge in [0.1, 0.15) is 0 Å². The Bertz CT molecular complexity index is 157. The van der Waals surface area contributed by atoms with Crippen LogP contribution < -0.4 is 0 Å². The first-order chi connectivity index (χ1) is 6.11. The Morgan fingerprint density at radius 1 is 1.46 bits per heavy atom. The van der Waals surface area contributed by atoms with Gasteiger partial charge < -0.3 is 9.80 Å². The Hall–Kier alpha value is -0.570. The van der Waals surface area contributed by atoms with E-state index in [0.29, 0.717) is 6.04 Å². The fraction of sp³-hybridized carbons (Fsp3) is 0.900. The number of nitrogens with zero attached hydrogens (tertiary/aromatic N) is 2. The number of carbonyl (C=O) groups excluding carboxylic acids is 1. The molecule has 3 heteroatoms. The lowest BCUT2D eigenvalue weighted by molar-refractivity contribution is -0.127. The van der Waals surface area contributed by atoms with Crippen LogP contribution in [0.5, 0.6) is 0 Å². The molecule has 0 aromatic carbocycles. The van der Waals surface area contributed by atoms with Crippen LogP contribution in [0.1, 0.15) is 26.7 Å². The van der Waals surface area contributed by atoms with E-state index in [4.69, 9.17) is 0 Å². The van der Waals surface area contributed by atoms with Crippen LogP contribution in [0, 0.1) is 0 Å². The molecule has 0 aromatic heterocycles. The van der Waals surface area contributed by atoms with Gasteiger partial charge in [0.2, 0.25) is 5.91 Å². The first-order valence-electron chi connectivity index (χ1n) is 5.01. The van der Waals surface area contributed by atoms with Crippen molar-refractivity contribution in [1.29, 1.82) is 0 Å². The quantitative estimate of drug-likeness (QED) is 0.647. The molecule has 1 saturated heterocycles. The summed E-state index contributed by atoms with van der Waals surface area (Å²) in [5, 5.41) is 0. The molecule has 78 valence electrons. The van der Waals surface area contributed by atoms with Gasteiger partial charge in [-0.05, 0) is 20.5 Å². The highest BCUT2D eigenvalue weighted by atomic mass is 16.2. The van der Waals surface area contributed by atoms with Crippen molar-refractivity contribution in [1.82, 2.24) is 9.80 Å². The Kier molecular flexibility index (Phi) is 5.71. The molecule has 0 saturated carbocycles. The zero-order valence-corrected chi connectivity index (χ0v) is 9.50. The van der Waals surface area contributed by atoms with Crippen molar-refractivity contribution < 1.29 is 4.79 Å². The van der Waals surface area contributed by atoms with E-state index < -0.39 is 0 Å². The van der Waals surface area contributed by atoms with Crippen LogP contribution in [0.15, 0.2) is 0 Å². The summed E-state index contributed by atoms with van der Waals surface area (Å²) in [7, 11) is 5.97. The van der Waals surface area contributed by atoms with E-state index in [-0.39, 0.29) is 5.91 Å². The maximum Gasteiger partial charge on any atom is 0.222 e. The highest BCUT2D eigenvalue weighted by Crippen LogP contribution is 2.16. The minimum absolute atomic E-state index is 0.289. The Balaban J connectivity index is 0.000000671. The van der Waals surface area contributed by atoms with Crippen LogP contribution in [0.3, 0.4) is 0 Å². The van der Waals surface area contributed by atoms with E-state index in [2.05, 4.69) is 4.90 Å². The molecule has 0 radical (unpaired) electrons. The van der Waals surface area contributed by atoms with Gasteiger partial charge in [0.05, 0.1) is 0 Å². The van der Waals surface area contributed by atoms with Crippen LogP contribution in [0.4, 0.5) is 0 Å². The molecule has 0 aromatic rings. The number of carbonyl (C=O) groups is 1. The van der Waals surface area contributed by atoms with E-state index in [9.17, 15) is 4.79 Å². The molecule has 1 aliphatic rings. The van der Waals surface area contributed by atoms with E-state index in [1.54, 1.807) is 0 Å². The molecule has 1 fully saturated rings. The molecule has 0 spiro atoms. The summed E-state index contributed by atoms with van der Waals surface area (Å²) in [6.07, 6.45) is 1.75. The molecule has 0 N–H and O–H groups in total. The fourth-order valence-corrected chi connectivity index (χ4v) is 1.50. The number of rotatable bonds is 2. The molecule has 0 bridgehead atoms. The number of likely N-dealkylation sites (tertiary alicyclic amines) is 1. The Morgan fingerprint density at radius 3 is 2.31 bits per heavy atom. The number of hydrogen-bond donors (Lipinski definition) is 0. The second-order valence-electron chi connectivity index (χ2n) is 3.46. The Labute approximate surface area is 81.7 Å². The third kappa shape index (κ3) is 3.77. The van der Waals surface area contributed by atoms with Gasteiger partial charge in [0, 0.05) is 26.1 Å². The zero-order chi connectivity index (χ0) is 10.4. The van der Waals surface area contributed by atoms with E-state index >= 15 is 0 Å². The summed E-state index contributed by atoms with van der Waals surface area (Å²) in [5.41, 5.74) is 0. The second kappa shape index (κ2) is 5.97. The van der Waals surface area contributed by atoms with Crippen molar-refractivity contribution in [2.45, 2.75) is 32.7 Å². The third-order valence-corrected chi connectivity index (χ3v) is 2.21. The lowest BCUT2D eigenvalue weighted by atomic mass is 10.2. The summed E-state index contributed by atoms with van der Waals surface area (Å²) in [5.74, 6) is 0.289. The third-order valence-electron chi connectivity index (χ3n) is 2.21. The van der Waals surface area contributed by atoms with Gasteiger partial charge in [-0.25, -0.2) is 0 Å². The number of hydrogen-bond acceptors (Lipinski definition) is 2. The van der Waals surface area contributed by atoms with Gasteiger partial charge in [-0.1, -0.05) is 13.8 Å². The van der Waals surface area contributed by atoms with Crippen LogP contribution in [0.2, 0.25) is 0 Å². The van der Waals surface area contributed by atoms with E-state index in [1.807, 2.05) is 39.9 Å². The van der Waals surface area contributed by atoms with Crippen LogP contribution in [-0.4, -0.2) is 49.4 Å². The van der Waals surface area contributed by atoms with E-state index in [0.717, 1.165) is 19.4 Å². The molecule has 3 nitrogen and oxygen atoms in total. The van der Waals surface area contributed by atoms with Crippen molar-refractivity contribution in [3.8, 4) is 0 Å². The maximum atomic E-state index is 11.1. The van der Waals surface area contributed by atoms with Gasteiger partial charge in [-0.15, -0.1) is 0 Å². The second-order valence-corrected chi connectivity index (χ2v) is 3.46. The largest absolute Gasteiger partial charge is 0.341 e. The molecular formula is C10H22N2O. The molecule has 1 heterocycles. The zero-order valence-electron chi connectivity index (χ0n) is 9.50. The monoisotopic (exact) mass is 186 g/mol. The minimum atomic E-state index is 0.289. The van der Waals surface area contributed by atoms with Crippen LogP contribution in [0.25, 0.3) is 0 Å². The first-order valence-corrected chi connectivity index (χ1v) is 5.01. The highest BCUT2D eigenvalue weighted by molar-refractivity contribution is 5.78. The maximum absolute atomic E-state index is 11.1. The predicted molar refractivity (Wildman–Crippen MR) is 55.7 cm³/mol. The first kappa shape index (κ1) is 12.4. The molecule has 1 atom stereocenters. The number of likely N-dealkylation sites (N-methyl/N-ethyl adjacent to an activating group) is 2. The smallest absolute Gasteiger partial charge is 0.222 e. The molecule has 0 aliphatic carbocycles. The van der Waals surface area contributed by atoms with E-state index in [1.165, 1.54) is 0 Å². The summed E-state index contributed by atoms with van der Waals surface area (Å²) in [6.45, 7) is 4.99. The van der Waals surface area contributed by atoms with Gasteiger partial charge in [-0.3, -0.25) is 4.79 Å². The molecule has 0 unspecified atom stereocenters. The Morgan fingerprint density at radius 2 is 2.00 bits per heavy atom. The van der Waals surface area contributed by atoms with Gasteiger partial charge in [0.25, 0.3) is 0 Å². The van der Waals surface area contributed by atoms with Gasteiger partial charge >= 0.3 is 0 Å². The van der Waals surface area contributed by atoms with Crippen molar-refractivity contribution in [2.75, 3.05) is 27.7 Å². The average molecular weight is 186 g/mol. The molecule has 13 heavy (non-hydrogen) atoms. The molecular weight excluding hydrogens is 164 g/mol. The lowest BCUT2D eigenvalue weighted by Crippen LogP contribution is -2.36. The van der Waals surface area contributed by atoms with Crippen LogP contribution in [-0.2, 0) is 4.79 Å². The summed E-state index contributed by atoms with van der Waals surface area (Å²) in [4.78, 5) is 15.1. The van der Waals surface area contributed by atoms with Crippen LogP contribution >= 0.6 is 0 Å². The normalized spacial score (nSPS) is 21.8. The standard InChI is InChI=1S/C8H16N2O.C2H6/c1-9(2)6-7-4-5-8(11)10(7)3;1-2/h7H,4-6H2,1-3H3;1-2H3/t7-;/m0./s1. The van der Waals surface area contributed by atoms with Crippen molar-refractivity contribution in [3.63, 3.8) is 0 Å². The van der Waals surface area contributed by atoms with Crippen molar-refractivity contribution in [2.24, 2.45) is 0 Å². The van der Waals surface area contributed by atoms with Gasteiger partial charge in [0.15, 0.2) is 0 Å². The average Bonchev–Trinajstić information content (AvgIpc) is 2.39. The minimum Gasteiger partial charge on any atom is -0.341 e. The van der Waals surface area contributed by atoms with Gasteiger partial charge in [-0.2, -0.15) is 0 Å². The van der Waals surface area contributed by atoms with Crippen molar-refractivity contribution >= 4 is 5.91 Å². The van der Waals surface area contributed by atoms with Crippen molar-refractivity contribution in [3.05, 3.63) is 0 Å². The SMILES string of the molecule is CC.CN(C)C[C@@H]1CCC(=O)N1C. The summed E-state index contributed by atoms with van der Waals surface area (Å²) in [6, 6.07) is 0.442. The summed E-state index contributed by atoms with van der Waals surface area (Å²) >= 11 is 0. The molecule has 1 rings (SSSR count). The topological polar surface area (TPSA) is 23.6 Å². The lowest BCUT2D eigenvalue weighted by Gasteiger charge is -2.22. The predicted octanol–water partition coefficient (Wildman–Crippen LogP) is 1.20. The number of amides is 1.